The summed E-state index contributed by atoms with van der Waals surface area (Å²) in [6.45, 7) is 8.51. The predicted molar refractivity (Wildman–Crippen MR) is 72.3 cm³/mol. The van der Waals surface area contributed by atoms with Gasteiger partial charge in [0.25, 0.3) is 0 Å². The van der Waals surface area contributed by atoms with E-state index in [4.69, 9.17) is 11.6 Å². The van der Waals surface area contributed by atoms with Crippen molar-refractivity contribution >= 4 is 19.4 Å². The zero-order valence-corrected chi connectivity index (χ0v) is 13.6. The fraction of sp³-hybridized carbons (Fsp3) is 0.636. The molecule has 0 saturated carbocycles. The monoisotopic (exact) mass is 345 g/mol. The summed E-state index contributed by atoms with van der Waals surface area (Å²) < 4.78 is 60.2. The number of rotatable bonds is 0. The number of nitrogens with zero attached hydrogens (tertiary/aromatic N) is 1. The average molecular weight is 346 g/mol. The predicted octanol–water partition coefficient (Wildman–Crippen LogP) is 6.31. The van der Waals surface area contributed by atoms with E-state index in [1.807, 2.05) is 0 Å². The molecular weight excluding hydrogens is 327 g/mol. The molecule has 0 saturated heterocycles. The van der Waals surface area contributed by atoms with Crippen molar-refractivity contribution in [2.24, 2.45) is 0 Å². The molecule has 0 bridgehead atoms. The fourth-order valence-electron chi connectivity index (χ4n) is 1.79. The molecule has 0 unspecified atom stereocenters. The Morgan fingerprint density at radius 2 is 1.35 bits per heavy atom. The van der Waals surface area contributed by atoms with E-state index in [-0.39, 0.29) is 0 Å². The molecule has 0 aromatic heterocycles. The molecule has 0 aromatic carbocycles. The van der Waals surface area contributed by atoms with Crippen molar-refractivity contribution < 1.29 is 29.7 Å². The summed E-state index contributed by atoms with van der Waals surface area (Å²) in [5.41, 5.74) is 4.11. The topological polar surface area (TPSA) is 0 Å². The minimum absolute atomic E-state index is 0.962. The molecule has 0 aromatic rings. The Morgan fingerprint density at radius 3 is 1.65 bits per heavy atom. The van der Waals surface area contributed by atoms with Crippen LogP contribution in [0.25, 0.3) is 0 Å². The molecular formula is C11H19ClF6NP. The van der Waals surface area contributed by atoms with Crippen LogP contribution in [0.15, 0.2) is 21.8 Å². The van der Waals surface area contributed by atoms with Crippen LogP contribution in [0.4, 0.5) is 25.2 Å². The number of quaternary nitrogens is 1. The van der Waals surface area contributed by atoms with Gasteiger partial charge in [0.1, 0.15) is 13.1 Å². The van der Waals surface area contributed by atoms with Gasteiger partial charge in [-0.3, -0.25) is 0 Å². The van der Waals surface area contributed by atoms with Gasteiger partial charge >= 0.3 is 33.0 Å². The number of allylic oxidation sites excluding steroid dienone is 1. The van der Waals surface area contributed by atoms with Gasteiger partial charge < -0.3 is 4.48 Å². The summed E-state index contributed by atoms with van der Waals surface area (Å²) in [5, 5.41) is 1.02. The van der Waals surface area contributed by atoms with Crippen molar-refractivity contribution in [3.8, 4) is 0 Å². The second-order valence-electron chi connectivity index (χ2n) is 5.72. The van der Waals surface area contributed by atoms with E-state index in [0.29, 0.717) is 0 Å². The van der Waals surface area contributed by atoms with Crippen LogP contribution in [0.3, 0.4) is 0 Å². The normalized spacial score (nSPS) is 22.5. The van der Waals surface area contributed by atoms with E-state index in [1.165, 1.54) is 16.7 Å². The summed E-state index contributed by atoms with van der Waals surface area (Å²) in [5.74, 6) is 0. The maximum absolute atomic E-state index is 10.7. The molecule has 0 fully saturated rings. The van der Waals surface area contributed by atoms with E-state index in [9.17, 15) is 25.2 Å². The molecule has 1 rings (SSSR count). The third kappa shape index (κ3) is 10.5. The average Bonchev–Trinajstić information content (AvgIpc) is 2.04. The number of hydrogen-bond donors (Lipinski definition) is 0. The van der Waals surface area contributed by atoms with Crippen molar-refractivity contribution in [2.45, 2.75) is 20.8 Å². The van der Waals surface area contributed by atoms with Gasteiger partial charge in [0.15, 0.2) is 0 Å². The number of hydrogen-bond acceptors (Lipinski definition) is 0. The first kappa shape index (κ1) is 19.7. The van der Waals surface area contributed by atoms with Crippen LogP contribution in [-0.4, -0.2) is 31.7 Å². The van der Waals surface area contributed by atoms with Gasteiger partial charge in [-0.25, -0.2) is 0 Å². The van der Waals surface area contributed by atoms with Crippen LogP contribution >= 0.6 is 19.4 Å². The first-order valence-corrected chi connectivity index (χ1v) is 8.09. The third-order valence-electron chi connectivity index (χ3n) is 2.62. The molecule has 1 heterocycles. The maximum atomic E-state index is 9.87. The van der Waals surface area contributed by atoms with Crippen LogP contribution < -0.4 is 0 Å². The van der Waals surface area contributed by atoms with Crippen molar-refractivity contribution in [2.75, 3.05) is 27.2 Å². The first-order valence-electron chi connectivity index (χ1n) is 5.69. The molecule has 0 aliphatic carbocycles. The molecule has 20 heavy (non-hydrogen) atoms. The van der Waals surface area contributed by atoms with Gasteiger partial charge in [-0.1, -0.05) is 17.2 Å². The van der Waals surface area contributed by atoms with Crippen molar-refractivity contribution in [3.05, 3.63) is 21.8 Å². The second kappa shape index (κ2) is 4.89. The standard InChI is InChI=1S/C11H19ClN.F6P/c1-8(2)10-6-13(4,5)7-11(12)9(10)3;1-7(2,3,4,5)6/h6-7H2,1-5H3;/q+1;-1. The molecule has 0 N–H and O–H groups in total. The third-order valence-corrected chi connectivity index (χ3v) is 3.02. The Balaban J connectivity index is 0.000000441. The Bertz CT molecular complexity index is 445. The minimum atomic E-state index is -10.7. The van der Waals surface area contributed by atoms with Crippen LogP contribution in [-0.2, 0) is 0 Å². The molecule has 0 spiro atoms. The number of likely N-dealkylation sites (N-methyl/N-ethyl adjacent to an activating group) is 1. The fourth-order valence-corrected chi connectivity index (χ4v) is 2.23. The summed E-state index contributed by atoms with van der Waals surface area (Å²) in [6.07, 6.45) is 0. The van der Waals surface area contributed by atoms with Crippen molar-refractivity contribution in [3.63, 3.8) is 0 Å². The molecule has 0 atom stereocenters. The molecule has 0 amide bonds. The Hall–Kier alpha value is -0.260. The Morgan fingerprint density at radius 1 is 1.00 bits per heavy atom. The zero-order chi connectivity index (χ0) is 16.6. The van der Waals surface area contributed by atoms with Gasteiger partial charge in [-0.05, 0) is 26.3 Å². The van der Waals surface area contributed by atoms with E-state index < -0.39 is 7.81 Å². The summed E-state index contributed by atoms with van der Waals surface area (Å²) in [4.78, 5) is 0. The second-order valence-corrected chi connectivity index (χ2v) is 8.09. The van der Waals surface area contributed by atoms with Gasteiger partial charge in [0, 0.05) is 5.57 Å². The van der Waals surface area contributed by atoms with E-state index in [2.05, 4.69) is 34.9 Å². The summed E-state index contributed by atoms with van der Waals surface area (Å²) in [6, 6.07) is 0. The zero-order valence-electron chi connectivity index (χ0n) is 12.0. The number of halogens is 7. The van der Waals surface area contributed by atoms with Gasteiger partial charge in [-0.2, -0.15) is 0 Å². The quantitative estimate of drug-likeness (QED) is 0.274. The van der Waals surface area contributed by atoms with E-state index in [0.717, 1.165) is 22.6 Å². The van der Waals surface area contributed by atoms with Crippen LogP contribution in [0.5, 0.6) is 0 Å². The van der Waals surface area contributed by atoms with E-state index >= 15 is 0 Å². The molecule has 1 aliphatic heterocycles. The van der Waals surface area contributed by atoms with Crippen LogP contribution in [0, 0.1) is 0 Å². The van der Waals surface area contributed by atoms with Gasteiger partial charge in [-0.15, -0.1) is 0 Å². The summed E-state index contributed by atoms with van der Waals surface area (Å²) >= 11 is 6.22. The van der Waals surface area contributed by atoms with E-state index in [1.54, 1.807) is 0 Å². The molecule has 1 aliphatic rings. The van der Waals surface area contributed by atoms with Crippen LogP contribution in [0.2, 0.25) is 0 Å². The Kier molecular flexibility index (Phi) is 4.82. The molecule has 122 valence electrons. The van der Waals surface area contributed by atoms with Crippen molar-refractivity contribution in [1.82, 2.24) is 0 Å². The summed E-state index contributed by atoms with van der Waals surface area (Å²) in [7, 11) is -6.22. The molecule has 1 nitrogen and oxygen atoms in total. The first-order chi connectivity index (χ1) is 8.28. The Labute approximate surface area is 119 Å². The SMILES string of the molecule is CC(C)=C1C[N+](C)(C)CC(Cl)=C1C.F[P-](F)(F)(F)(F)F. The van der Waals surface area contributed by atoms with Gasteiger partial charge in [0.2, 0.25) is 0 Å². The van der Waals surface area contributed by atoms with Gasteiger partial charge in [0.05, 0.1) is 19.1 Å². The molecule has 0 radical (unpaired) electrons. The molecule has 9 heteroatoms. The van der Waals surface area contributed by atoms with Crippen LogP contribution in [0.1, 0.15) is 20.8 Å². The van der Waals surface area contributed by atoms with Crippen molar-refractivity contribution in [1.29, 1.82) is 0 Å².